The third-order valence-electron chi connectivity index (χ3n) is 6.47. The Bertz CT molecular complexity index is 1100. The van der Waals surface area contributed by atoms with Gasteiger partial charge in [0, 0.05) is 24.5 Å². The summed E-state index contributed by atoms with van der Waals surface area (Å²) in [6.07, 6.45) is 3.76. The molecular weight excluding hydrogens is 434 g/mol. The van der Waals surface area contributed by atoms with Crippen LogP contribution in [0.15, 0.2) is 42.5 Å². The summed E-state index contributed by atoms with van der Waals surface area (Å²) in [5, 5.41) is 0. The van der Waals surface area contributed by atoms with Crippen LogP contribution in [0.2, 0.25) is 0 Å². The molecule has 2 aromatic rings. The number of amides is 1. The Morgan fingerprint density at radius 3 is 2.44 bits per heavy atom. The summed E-state index contributed by atoms with van der Waals surface area (Å²) in [6.45, 7) is 2.52. The SMILES string of the molecule is CC1CC(NS(C)(=O)=O)CCCN1C(=O)C1CC1c1ccccc1-c1c(F)cccc1F. The van der Waals surface area contributed by atoms with Gasteiger partial charge in [-0.05, 0) is 61.8 Å². The van der Waals surface area contributed by atoms with Gasteiger partial charge in [-0.2, -0.15) is 0 Å². The molecule has 2 aliphatic rings. The number of likely N-dealkylation sites (tertiary alicyclic amines) is 1. The summed E-state index contributed by atoms with van der Waals surface area (Å²) in [4.78, 5) is 15.2. The summed E-state index contributed by atoms with van der Waals surface area (Å²) >= 11 is 0. The molecule has 5 nitrogen and oxygen atoms in total. The highest BCUT2D eigenvalue weighted by Gasteiger charge is 2.47. The number of benzene rings is 2. The van der Waals surface area contributed by atoms with Crippen molar-refractivity contribution < 1.29 is 22.0 Å². The minimum Gasteiger partial charge on any atom is -0.340 e. The van der Waals surface area contributed by atoms with Crippen LogP contribution in [-0.2, 0) is 14.8 Å². The molecule has 1 amide bonds. The highest BCUT2D eigenvalue weighted by molar-refractivity contribution is 7.88. The maximum absolute atomic E-state index is 14.4. The van der Waals surface area contributed by atoms with Crippen molar-refractivity contribution >= 4 is 15.9 Å². The smallest absolute Gasteiger partial charge is 0.226 e. The van der Waals surface area contributed by atoms with Gasteiger partial charge in [0.05, 0.1) is 11.8 Å². The Morgan fingerprint density at radius 1 is 1.06 bits per heavy atom. The summed E-state index contributed by atoms with van der Waals surface area (Å²) in [7, 11) is -3.30. The molecule has 172 valence electrons. The second-order valence-corrected chi connectivity index (χ2v) is 10.8. The maximum Gasteiger partial charge on any atom is 0.226 e. The van der Waals surface area contributed by atoms with Gasteiger partial charge in [-0.15, -0.1) is 0 Å². The van der Waals surface area contributed by atoms with E-state index in [1.165, 1.54) is 18.2 Å². The molecule has 1 saturated heterocycles. The first kappa shape index (κ1) is 22.9. The van der Waals surface area contributed by atoms with Crippen LogP contribution in [0.25, 0.3) is 11.1 Å². The van der Waals surface area contributed by atoms with Crippen LogP contribution in [-0.4, -0.2) is 44.1 Å². The molecule has 1 aliphatic carbocycles. The monoisotopic (exact) mass is 462 g/mol. The summed E-state index contributed by atoms with van der Waals surface area (Å²) in [5.41, 5.74) is 1.22. The molecule has 2 aromatic carbocycles. The molecule has 4 unspecified atom stereocenters. The molecule has 8 heteroatoms. The number of sulfonamides is 1. The molecule has 1 N–H and O–H groups in total. The number of halogens is 2. The Labute approximate surface area is 187 Å². The zero-order chi connectivity index (χ0) is 23.0. The van der Waals surface area contributed by atoms with Crippen LogP contribution in [0.3, 0.4) is 0 Å². The first-order valence-corrected chi connectivity index (χ1v) is 12.9. The van der Waals surface area contributed by atoms with E-state index in [0.717, 1.165) is 18.2 Å². The van der Waals surface area contributed by atoms with Gasteiger partial charge in [0.15, 0.2) is 0 Å². The quantitative estimate of drug-likeness (QED) is 0.729. The molecular formula is C24H28F2N2O3S. The van der Waals surface area contributed by atoms with Crippen molar-refractivity contribution in [3.05, 3.63) is 59.7 Å². The third kappa shape index (κ3) is 4.86. The van der Waals surface area contributed by atoms with E-state index in [0.29, 0.717) is 31.4 Å². The number of hydrogen-bond donors (Lipinski definition) is 1. The average Bonchev–Trinajstić information content (AvgIpc) is 3.51. The van der Waals surface area contributed by atoms with Crippen LogP contribution in [0.4, 0.5) is 8.78 Å². The zero-order valence-electron chi connectivity index (χ0n) is 18.2. The lowest BCUT2D eigenvalue weighted by Crippen LogP contribution is -2.42. The molecule has 1 heterocycles. The van der Waals surface area contributed by atoms with Crippen molar-refractivity contribution in [1.82, 2.24) is 9.62 Å². The van der Waals surface area contributed by atoms with Crippen molar-refractivity contribution in [2.45, 2.75) is 50.6 Å². The fourth-order valence-electron chi connectivity index (χ4n) is 4.95. The molecule has 1 saturated carbocycles. The van der Waals surface area contributed by atoms with Gasteiger partial charge in [0.2, 0.25) is 15.9 Å². The van der Waals surface area contributed by atoms with Crippen LogP contribution in [0.5, 0.6) is 0 Å². The standard InChI is InChI=1S/C24H28F2N2O3S/c1-15-13-16(27-32(2,30)31)7-6-12-28(15)24(29)20-14-19(20)17-8-3-4-9-18(17)23-21(25)10-5-11-22(23)26/h3-5,8-11,15-16,19-20,27H,6-7,12-14H2,1-2H3. The zero-order valence-corrected chi connectivity index (χ0v) is 19.0. The lowest BCUT2D eigenvalue weighted by Gasteiger charge is -2.28. The summed E-state index contributed by atoms with van der Waals surface area (Å²) in [6, 6.07) is 10.7. The normalized spacial score (nSPS) is 25.9. The second kappa shape index (κ2) is 8.90. The van der Waals surface area contributed by atoms with Crippen LogP contribution >= 0.6 is 0 Å². The van der Waals surface area contributed by atoms with E-state index in [1.807, 2.05) is 24.0 Å². The average molecular weight is 463 g/mol. The van der Waals surface area contributed by atoms with Crippen LogP contribution in [0, 0.1) is 17.6 Å². The fourth-order valence-corrected chi connectivity index (χ4v) is 5.77. The second-order valence-electron chi connectivity index (χ2n) is 8.98. The number of nitrogens with one attached hydrogen (secondary N) is 1. The minimum atomic E-state index is -3.30. The van der Waals surface area contributed by atoms with Crippen molar-refractivity contribution in [3.63, 3.8) is 0 Å². The first-order valence-electron chi connectivity index (χ1n) is 11.0. The first-order chi connectivity index (χ1) is 15.2. The minimum absolute atomic E-state index is 0.0336. The number of rotatable bonds is 5. The lowest BCUT2D eigenvalue weighted by molar-refractivity contribution is -0.134. The van der Waals surface area contributed by atoms with Gasteiger partial charge in [-0.25, -0.2) is 21.9 Å². The molecule has 0 spiro atoms. The number of carbonyl (C=O) groups is 1. The van der Waals surface area contributed by atoms with Gasteiger partial charge >= 0.3 is 0 Å². The van der Waals surface area contributed by atoms with E-state index in [-0.39, 0.29) is 35.4 Å². The van der Waals surface area contributed by atoms with Gasteiger partial charge < -0.3 is 4.90 Å². The number of nitrogens with zero attached hydrogens (tertiary/aromatic N) is 1. The van der Waals surface area contributed by atoms with Gasteiger partial charge in [0.25, 0.3) is 0 Å². The Hall–Kier alpha value is -2.32. The molecule has 0 aromatic heterocycles. The maximum atomic E-state index is 14.4. The van der Waals surface area contributed by atoms with E-state index < -0.39 is 21.7 Å². The van der Waals surface area contributed by atoms with Crippen LogP contribution in [0.1, 0.15) is 44.1 Å². The predicted octanol–water partition coefficient (Wildman–Crippen LogP) is 4.05. The fraction of sp³-hybridized carbons (Fsp3) is 0.458. The number of carbonyl (C=O) groups excluding carboxylic acids is 1. The molecule has 32 heavy (non-hydrogen) atoms. The molecule has 2 fully saturated rings. The summed E-state index contributed by atoms with van der Waals surface area (Å²) < 4.78 is 54.7. The molecule has 0 radical (unpaired) electrons. The Kier molecular flexibility index (Phi) is 6.36. The van der Waals surface area contributed by atoms with Gasteiger partial charge in [0.1, 0.15) is 11.6 Å². The van der Waals surface area contributed by atoms with Crippen molar-refractivity contribution in [1.29, 1.82) is 0 Å². The highest BCUT2D eigenvalue weighted by Crippen LogP contribution is 2.52. The van der Waals surface area contributed by atoms with E-state index in [2.05, 4.69) is 4.72 Å². The van der Waals surface area contributed by atoms with Crippen molar-refractivity contribution in [3.8, 4) is 11.1 Å². The Morgan fingerprint density at radius 2 is 1.75 bits per heavy atom. The van der Waals surface area contributed by atoms with Crippen molar-refractivity contribution in [2.75, 3.05) is 12.8 Å². The Balaban J connectivity index is 1.52. The molecule has 1 aliphatic heterocycles. The molecule has 4 rings (SSSR count). The van der Waals surface area contributed by atoms with Gasteiger partial charge in [-0.1, -0.05) is 30.3 Å². The summed E-state index contributed by atoms with van der Waals surface area (Å²) in [5.74, 6) is -1.52. The van der Waals surface area contributed by atoms with E-state index in [1.54, 1.807) is 12.1 Å². The van der Waals surface area contributed by atoms with E-state index in [4.69, 9.17) is 0 Å². The topological polar surface area (TPSA) is 66.5 Å². The van der Waals surface area contributed by atoms with E-state index in [9.17, 15) is 22.0 Å². The lowest BCUT2D eigenvalue weighted by atomic mass is 9.95. The third-order valence-corrected chi connectivity index (χ3v) is 7.23. The van der Waals surface area contributed by atoms with E-state index >= 15 is 0 Å². The highest BCUT2D eigenvalue weighted by atomic mass is 32.2. The predicted molar refractivity (Wildman–Crippen MR) is 119 cm³/mol. The number of hydrogen-bond acceptors (Lipinski definition) is 3. The molecule has 4 atom stereocenters. The van der Waals surface area contributed by atoms with Crippen molar-refractivity contribution in [2.24, 2.45) is 5.92 Å². The largest absolute Gasteiger partial charge is 0.340 e. The van der Waals surface area contributed by atoms with Gasteiger partial charge in [-0.3, -0.25) is 4.79 Å². The molecule has 0 bridgehead atoms. The van der Waals surface area contributed by atoms with Crippen LogP contribution < -0.4 is 4.72 Å².